The minimum atomic E-state index is -0.411. The lowest BCUT2D eigenvalue weighted by atomic mass is 10.1. The molecule has 0 aliphatic heterocycles. The summed E-state index contributed by atoms with van der Waals surface area (Å²) in [6.45, 7) is 0. The summed E-state index contributed by atoms with van der Waals surface area (Å²) in [5.41, 5.74) is 2.67. The van der Waals surface area contributed by atoms with Crippen molar-refractivity contribution in [2.75, 3.05) is 0 Å². The van der Waals surface area contributed by atoms with Crippen molar-refractivity contribution in [1.29, 1.82) is 0 Å². The molecule has 0 unspecified atom stereocenters. The van der Waals surface area contributed by atoms with E-state index in [4.69, 9.17) is 11.6 Å². The molecule has 0 aliphatic rings. The standard InChI is InChI=1S/C18H15ClO/c19-18(20)17(14-16-10-5-2-6-11-16)13-7-12-15-8-3-1-4-9-15/h1-12,14H,13H2. The van der Waals surface area contributed by atoms with Gasteiger partial charge in [0.25, 0.3) is 0 Å². The Labute approximate surface area is 124 Å². The van der Waals surface area contributed by atoms with Crippen LogP contribution in [0.3, 0.4) is 0 Å². The van der Waals surface area contributed by atoms with E-state index in [2.05, 4.69) is 0 Å². The number of carbonyl (C=O) groups excluding carboxylic acids is 1. The van der Waals surface area contributed by atoms with Gasteiger partial charge in [0, 0.05) is 5.57 Å². The van der Waals surface area contributed by atoms with Gasteiger partial charge in [0.05, 0.1) is 0 Å². The van der Waals surface area contributed by atoms with Crippen LogP contribution in [-0.2, 0) is 4.79 Å². The summed E-state index contributed by atoms with van der Waals surface area (Å²) >= 11 is 5.63. The molecule has 0 N–H and O–H groups in total. The molecule has 0 radical (unpaired) electrons. The topological polar surface area (TPSA) is 17.1 Å². The summed E-state index contributed by atoms with van der Waals surface area (Å²) in [6.07, 6.45) is 6.28. The fraction of sp³-hybridized carbons (Fsp3) is 0.0556. The van der Waals surface area contributed by atoms with Crippen molar-refractivity contribution in [3.8, 4) is 0 Å². The van der Waals surface area contributed by atoms with Gasteiger partial charge in [0.1, 0.15) is 0 Å². The van der Waals surface area contributed by atoms with Crippen LogP contribution < -0.4 is 0 Å². The van der Waals surface area contributed by atoms with Crippen LogP contribution in [0.1, 0.15) is 17.5 Å². The van der Waals surface area contributed by atoms with Crippen molar-refractivity contribution in [3.63, 3.8) is 0 Å². The Bertz CT molecular complexity index is 612. The van der Waals surface area contributed by atoms with Crippen LogP contribution in [-0.4, -0.2) is 5.24 Å². The van der Waals surface area contributed by atoms with E-state index in [9.17, 15) is 4.79 Å². The summed E-state index contributed by atoms with van der Waals surface area (Å²) in [7, 11) is 0. The van der Waals surface area contributed by atoms with Gasteiger partial charge < -0.3 is 0 Å². The Kier molecular flexibility index (Phi) is 5.33. The van der Waals surface area contributed by atoms with Crippen LogP contribution in [0.4, 0.5) is 0 Å². The van der Waals surface area contributed by atoms with Gasteiger partial charge in [-0.2, -0.15) is 0 Å². The fourth-order valence-electron chi connectivity index (χ4n) is 1.83. The zero-order valence-corrected chi connectivity index (χ0v) is 11.8. The molecular weight excluding hydrogens is 268 g/mol. The lowest BCUT2D eigenvalue weighted by Crippen LogP contribution is -1.92. The molecule has 0 saturated carbocycles. The average molecular weight is 283 g/mol. The predicted octanol–water partition coefficient (Wildman–Crippen LogP) is 4.94. The van der Waals surface area contributed by atoms with E-state index in [0.29, 0.717) is 12.0 Å². The van der Waals surface area contributed by atoms with Crippen molar-refractivity contribution in [2.24, 2.45) is 0 Å². The summed E-state index contributed by atoms with van der Waals surface area (Å²) in [5, 5.41) is -0.411. The second-order valence-corrected chi connectivity index (χ2v) is 4.71. The van der Waals surface area contributed by atoms with Crippen LogP contribution in [0.2, 0.25) is 0 Å². The monoisotopic (exact) mass is 282 g/mol. The van der Waals surface area contributed by atoms with E-state index >= 15 is 0 Å². The average Bonchev–Trinajstić information content (AvgIpc) is 2.48. The summed E-state index contributed by atoms with van der Waals surface area (Å²) in [6, 6.07) is 19.7. The highest BCUT2D eigenvalue weighted by Crippen LogP contribution is 2.14. The zero-order chi connectivity index (χ0) is 14.2. The van der Waals surface area contributed by atoms with Crippen LogP contribution in [0.25, 0.3) is 12.2 Å². The minimum Gasteiger partial charge on any atom is -0.276 e. The fourth-order valence-corrected chi connectivity index (χ4v) is 1.96. The molecule has 2 heteroatoms. The molecule has 1 nitrogen and oxygen atoms in total. The van der Waals surface area contributed by atoms with E-state index in [1.54, 1.807) is 0 Å². The molecule has 2 aromatic rings. The highest BCUT2D eigenvalue weighted by atomic mass is 35.5. The lowest BCUT2D eigenvalue weighted by molar-refractivity contribution is -0.108. The first kappa shape index (κ1) is 14.3. The molecule has 0 aromatic heterocycles. The predicted molar refractivity (Wildman–Crippen MR) is 85.4 cm³/mol. The van der Waals surface area contributed by atoms with Crippen LogP contribution in [0.5, 0.6) is 0 Å². The van der Waals surface area contributed by atoms with Crippen molar-refractivity contribution >= 4 is 29.0 Å². The van der Waals surface area contributed by atoms with E-state index in [1.807, 2.05) is 78.9 Å². The number of rotatable bonds is 5. The van der Waals surface area contributed by atoms with Gasteiger partial charge in [-0.3, -0.25) is 4.79 Å². The van der Waals surface area contributed by atoms with Gasteiger partial charge >= 0.3 is 0 Å². The maximum atomic E-state index is 11.5. The van der Waals surface area contributed by atoms with Gasteiger partial charge in [0.2, 0.25) is 5.24 Å². The molecule has 0 atom stereocenters. The first-order valence-electron chi connectivity index (χ1n) is 6.43. The van der Waals surface area contributed by atoms with Gasteiger partial charge in [0.15, 0.2) is 0 Å². The Morgan fingerprint density at radius 1 is 0.900 bits per heavy atom. The second kappa shape index (κ2) is 7.46. The summed E-state index contributed by atoms with van der Waals surface area (Å²) in [4.78, 5) is 11.5. The van der Waals surface area contributed by atoms with Crippen molar-refractivity contribution in [3.05, 3.63) is 83.4 Å². The second-order valence-electron chi connectivity index (χ2n) is 4.37. The third kappa shape index (κ3) is 4.52. The molecule has 0 aliphatic carbocycles. The molecule has 2 rings (SSSR count). The molecule has 0 fully saturated rings. The lowest BCUT2D eigenvalue weighted by Gasteiger charge is -1.99. The van der Waals surface area contributed by atoms with E-state index < -0.39 is 5.24 Å². The van der Waals surface area contributed by atoms with Gasteiger partial charge in [-0.15, -0.1) is 0 Å². The van der Waals surface area contributed by atoms with Gasteiger partial charge in [-0.05, 0) is 35.2 Å². The Hall–Kier alpha value is -2.12. The number of benzene rings is 2. The number of carbonyl (C=O) groups is 1. The molecule has 0 heterocycles. The van der Waals surface area contributed by atoms with Gasteiger partial charge in [-0.25, -0.2) is 0 Å². The number of allylic oxidation sites excluding steroid dienone is 2. The molecule has 0 bridgehead atoms. The first-order valence-corrected chi connectivity index (χ1v) is 6.80. The van der Waals surface area contributed by atoms with Gasteiger partial charge in [-0.1, -0.05) is 72.8 Å². The SMILES string of the molecule is O=C(Cl)C(=Cc1ccccc1)CC=Cc1ccccc1. The van der Waals surface area contributed by atoms with E-state index in [1.165, 1.54) is 0 Å². The number of hydrogen-bond acceptors (Lipinski definition) is 1. The molecule has 2 aromatic carbocycles. The summed E-state index contributed by atoms with van der Waals surface area (Å²) in [5.74, 6) is 0. The first-order chi connectivity index (χ1) is 9.75. The van der Waals surface area contributed by atoms with Crippen LogP contribution in [0, 0.1) is 0 Å². The highest BCUT2D eigenvalue weighted by Gasteiger charge is 2.04. The van der Waals surface area contributed by atoms with Crippen LogP contribution >= 0.6 is 11.6 Å². The van der Waals surface area contributed by atoms with Crippen molar-refractivity contribution in [1.82, 2.24) is 0 Å². The van der Waals surface area contributed by atoms with Crippen LogP contribution in [0.15, 0.2) is 72.3 Å². The third-order valence-electron chi connectivity index (χ3n) is 2.84. The number of hydrogen-bond donors (Lipinski definition) is 0. The van der Waals surface area contributed by atoms with Crippen molar-refractivity contribution in [2.45, 2.75) is 6.42 Å². The van der Waals surface area contributed by atoms with E-state index in [0.717, 1.165) is 11.1 Å². The molecule has 20 heavy (non-hydrogen) atoms. The molecular formula is C18H15ClO. The maximum Gasteiger partial charge on any atom is 0.248 e. The Balaban J connectivity index is 2.09. The smallest absolute Gasteiger partial charge is 0.248 e. The van der Waals surface area contributed by atoms with Crippen molar-refractivity contribution < 1.29 is 4.79 Å². The Morgan fingerprint density at radius 2 is 1.45 bits per heavy atom. The zero-order valence-electron chi connectivity index (χ0n) is 11.0. The largest absolute Gasteiger partial charge is 0.276 e. The van der Waals surface area contributed by atoms with E-state index in [-0.39, 0.29) is 0 Å². The molecule has 0 saturated heterocycles. The molecule has 0 amide bonds. The Morgan fingerprint density at radius 3 is 2.00 bits per heavy atom. The normalized spacial score (nSPS) is 11.8. The maximum absolute atomic E-state index is 11.5. The quantitative estimate of drug-likeness (QED) is 0.561. The minimum absolute atomic E-state index is 0.411. The molecule has 100 valence electrons. The third-order valence-corrected chi connectivity index (χ3v) is 3.08. The highest BCUT2D eigenvalue weighted by molar-refractivity contribution is 6.68. The molecule has 0 spiro atoms. The number of halogens is 1. The summed E-state index contributed by atoms with van der Waals surface area (Å²) < 4.78 is 0.